The Morgan fingerprint density at radius 3 is 2.48 bits per heavy atom. The van der Waals surface area contributed by atoms with Crippen molar-refractivity contribution in [3.05, 3.63) is 65.4 Å². The van der Waals surface area contributed by atoms with Crippen molar-refractivity contribution < 1.29 is 14.3 Å². The first-order valence-electron chi connectivity index (χ1n) is 9.06. The molecule has 0 radical (unpaired) electrons. The molecule has 1 amide bonds. The largest absolute Gasteiger partial charge is 0.448 e. The van der Waals surface area contributed by atoms with E-state index in [0.717, 1.165) is 27.7 Å². The molecule has 2 N–H and O–H groups in total. The van der Waals surface area contributed by atoms with Crippen LogP contribution in [0.3, 0.4) is 0 Å². The lowest BCUT2D eigenvalue weighted by Crippen LogP contribution is -2.30. The molecule has 0 spiro atoms. The van der Waals surface area contributed by atoms with Crippen LogP contribution in [0.25, 0.3) is 10.9 Å². The maximum absolute atomic E-state index is 12.6. The molecule has 5 heteroatoms. The van der Waals surface area contributed by atoms with Crippen molar-refractivity contribution in [2.45, 2.75) is 39.7 Å². The van der Waals surface area contributed by atoms with Crippen molar-refractivity contribution in [3.8, 4) is 0 Å². The fourth-order valence-corrected chi connectivity index (χ4v) is 3.03. The van der Waals surface area contributed by atoms with E-state index in [2.05, 4.69) is 24.1 Å². The highest BCUT2D eigenvalue weighted by Crippen LogP contribution is 2.27. The van der Waals surface area contributed by atoms with E-state index in [1.54, 1.807) is 13.0 Å². The number of ether oxygens (including phenoxy) is 1. The molecule has 0 unspecified atom stereocenters. The number of fused-ring (bicyclic) bond motifs is 1. The lowest BCUT2D eigenvalue weighted by atomic mass is 9.98. The van der Waals surface area contributed by atoms with Crippen molar-refractivity contribution >= 4 is 28.5 Å². The Bertz CT molecular complexity index is 955. The van der Waals surface area contributed by atoms with Crippen LogP contribution in [0.5, 0.6) is 0 Å². The lowest BCUT2D eigenvalue weighted by Gasteiger charge is -2.18. The van der Waals surface area contributed by atoms with Crippen molar-refractivity contribution in [2.75, 3.05) is 5.32 Å². The number of aromatic amines is 1. The van der Waals surface area contributed by atoms with Gasteiger partial charge in [0.15, 0.2) is 6.10 Å². The number of anilines is 1. The summed E-state index contributed by atoms with van der Waals surface area (Å²) in [5.41, 5.74) is 3.99. The minimum atomic E-state index is -0.913. The summed E-state index contributed by atoms with van der Waals surface area (Å²) in [4.78, 5) is 28.0. The van der Waals surface area contributed by atoms with E-state index in [4.69, 9.17) is 4.74 Å². The minimum absolute atomic E-state index is 0.268. The van der Waals surface area contributed by atoms with E-state index in [9.17, 15) is 9.59 Å². The summed E-state index contributed by atoms with van der Waals surface area (Å²) in [6.07, 6.45) is -0.913. The highest BCUT2D eigenvalue weighted by molar-refractivity contribution is 5.99. The van der Waals surface area contributed by atoms with Crippen LogP contribution < -0.4 is 5.32 Å². The first-order valence-corrected chi connectivity index (χ1v) is 9.06. The molecular weight excluding hydrogens is 340 g/mol. The SMILES string of the molecule is Cc1cccc(C(C)C)c1NC(=O)[C@@H](C)OC(=O)c1cc2ccccc2[nH]1. The predicted molar refractivity (Wildman–Crippen MR) is 107 cm³/mol. The smallest absolute Gasteiger partial charge is 0.355 e. The highest BCUT2D eigenvalue weighted by Gasteiger charge is 2.22. The van der Waals surface area contributed by atoms with Gasteiger partial charge in [-0.2, -0.15) is 0 Å². The maximum atomic E-state index is 12.6. The molecule has 3 aromatic rings. The Hall–Kier alpha value is -3.08. The number of carbonyl (C=O) groups is 2. The summed E-state index contributed by atoms with van der Waals surface area (Å²) < 4.78 is 5.36. The average Bonchev–Trinajstić information content (AvgIpc) is 3.07. The predicted octanol–water partition coefficient (Wildman–Crippen LogP) is 4.78. The van der Waals surface area contributed by atoms with Gasteiger partial charge < -0.3 is 15.0 Å². The second-order valence-corrected chi connectivity index (χ2v) is 7.00. The first-order chi connectivity index (χ1) is 12.9. The molecule has 0 fully saturated rings. The van der Waals surface area contributed by atoms with Crippen LogP contribution in [0.2, 0.25) is 0 Å². The summed E-state index contributed by atoms with van der Waals surface area (Å²) in [7, 11) is 0. The summed E-state index contributed by atoms with van der Waals surface area (Å²) >= 11 is 0. The van der Waals surface area contributed by atoms with Crippen LogP contribution >= 0.6 is 0 Å². The van der Waals surface area contributed by atoms with Gasteiger partial charge in [-0.1, -0.05) is 50.2 Å². The van der Waals surface area contributed by atoms with Gasteiger partial charge in [0, 0.05) is 16.6 Å². The van der Waals surface area contributed by atoms with E-state index in [1.807, 2.05) is 49.4 Å². The first kappa shape index (κ1) is 18.7. The summed E-state index contributed by atoms with van der Waals surface area (Å²) in [5.74, 6) is -0.636. The Balaban J connectivity index is 1.72. The number of H-pyrrole nitrogens is 1. The number of aromatic nitrogens is 1. The third-order valence-corrected chi connectivity index (χ3v) is 4.58. The Labute approximate surface area is 158 Å². The molecule has 3 rings (SSSR count). The molecule has 5 nitrogen and oxygen atoms in total. The molecule has 1 heterocycles. The van der Waals surface area contributed by atoms with Crippen LogP contribution in [0.15, 0.2) is 48.5 Å². The quantitative estimate of drug-likeness (QED) is 0.640. The Morgan fingerprint density at radius 2 is 1.78 bits per heavy atom. The van der Waals surface area contributed by atoms with Crippen LogP contribution in [-0.2, 0) is 9.53 Å². The number of benzene rings is 2. The molecule has 0 aliphatic rings. The van der Waals surface area contributed by atoms with Gasteiger partial charge in [0.1, 0.15) is 5.69 Å². The highest BCUT2D eigenvalue weighted by atomic mass is 16.5. The van der Waals surface area contributed by atoms with Crippen molar-refractivity contribution in [2.24, 2.45) is 0 Å². The van der Waals surface area contributed by atoms with Gasteiger partial charge >= 0.3 is 5.97 Å². The molecule has 0 aliphatic carbocycles. The summed E-state index contributed by atoms with van der Waals surface area (Å²) in [6, 6.07) is 15.2. The molecule has 0 saturated heterocycles. The van der Waals surface area contributed by atoms with E-state index in [1.165, 1.54) is 0 Å². The van der Waals surface area contributed by atoms with E-state index in [0.29, 0.717) is 5.69 Å². The van der Waals surface area contributed by atoms with Crippen molar-refractivity contribution in [3.63, 3.8) is 0 Å². The lowest BCUT2D eigenvalue weighted by molar-refractivity contribution is -0.123. The number of hydrogen-bond acceptors (Lipinski definition) is 3. The van der Waals surface area contributed by atoms with Crippen LogP contribution in [0, 0.1) is 6.92 Å². The molecule has 2 aromatic carbocycles. The second kappa shape index (κ2) is 7.66. The van der Waals surface area contributed by atoms with Gasteiger partial charge in [-0.3, -0.25) is 4.79 Å². The Kier molecular flexibility index (Phi) is 5.31. The fourth-order valence-electron chi connectivity index (χ4n) is 3.03. The van der Waals surface area contributed by atoms with Crippen molar-refractivity contribution in [1.29, 1.82) is 0 Å². The minimum Gasteiger partial charge on any atom is -0.448 e. The third-order valence-electron chi connectivity index (χ3n) is 4.58. The molecule has 1 aromatic heterocycles. The molecule has 0 bridgehead atoms. The number of hydrogen-bond donors (Lipinski definition) is 2. The number of nitrogens with one attached hydrogen (secondary N) is 2. The van der Waals surface area contributed by atoms with E-state index in [-0.39, 0.29) is 11.8 Å². The van der Waals surface area contributed by atoms with Gasteiger partial charge in [0.2, 0.25) is 0 Å². The number of para-hydroxylation sites is 2. The molecule has 0 saturated carbocycles. The third kappa shape index (κ3) is 4.03. The monoisotopic (exact) mass is 364 g/mol. The summed E-state index contributed by atoms with van der Waals surface area (Å²) in [6.45, 7) is 7.67. The zero-order valence-corrected chi connectivity index (χ0v) is 16.0. The molecule has 1 atom stereocenters. The van der Waals surface area contributed by atoms with Gasteiger partial charge in [-0.15, -0.1) is 0 Å². The van der Waals surface area contributed by atoms with Crippen LogP contribution in [-0.4, -0.2) is 23.0 Å². The van der Waals surface area contributed by atoms with Gasteiger partial charge in [-0.25, -0.2) is 4.79 Å². The second-order valence-electron chi connectivity index (χ2n) is 7.00. The topological polar surface area (TPSA) is 71.2 Å². The summed E-state index contributed by atoms with van der Waals surface area (Å²) in [5, 5.41) is 3.84. The van der Waals surface area contributed by atoms with Crippen LogP contribution in [0.4, 0.5) is 5.69 Å². The molecule has 140 valence electrons. The number of esters is 1. The van der Waals surface area contributed by atoms with E-state index < -0.39 is 12.1 Å². The van der Waals surface area contributed by atoms with Gasteiger partial charge in [0.25, 0.3) is 5.91 Å². The normalized spacial score (nSPS) is 12.2. The Morgan fingerprint density at radius 1 is 1.04 bits per heavy atom. The fraction of sp³-hybridized carbons (Fsp3) is 0.273. The zero-order valence-electron chi connectivity index (χ0n) is 16.0. The van der Waals surface area contributed by atoms with Crippen LogP contribution in [0.1, 0.15) is 48.3 Å². The number of aryl methyl sites for hydroxylation is 1. The maximum Gasteiger partial charge on any atom is 0.355 e. The zero-order chi connectivity index (χ0) is 19.6. The van der Waals surface area contributed by atoms with E-state index >= 15 is 0 Å². The number of rotatable bonds is 5. The van der Waals surface area contributed by atoms with Crippen molar-refractivity contribution in [1.82, 2.24) is 4.98 Å². The van der Waals surface area contributed by atoms with Gasteiger partial charge in [-0.05, 0) is 43.0 Å². The molecule has 0 aliphatic heterocycles. The number of carbonyl (C=O) groups excluding carboxylic acids is 2. The molecule has 27 heavy (non-hydrogen) atoms. The van der Waals surface area contributed by atoms with Gasteiger partial charge in [0.05, 0.1) is 0 Å². The average molecular weight is 364 g/mol. The number of amides is 1. The molecular formula is C22H24N2O3. The standard InChI is InChI=1S/C22H24N2O3/c1-13(2)17-10-7-8-14(3)20(17)24-21(25)15(4)27-22(26)19-12-16-9-5-6-11-18(16)23-19/h5-13,15,23H,1-4H3,(H,24,25)/t15-/m1/s1.